The highest BCUT2D eigenvalue weighted by Crippen LogP contribution is 2.32. The fourth-order valence-electron chi connectivity index (χ4n) is 3.53. The van der Waals surface area contributed by atoms with Crippen molar-refractivity contribution in [1.82, 2.24) is 9.88 Å². The summed E-state index contributed by atoms with van der Waals surface area (Å²) in [5.74, 6) is 0.0106. The van der Waals surface area contributed by atoms with Crippen LogP contribution in [0.15, 0.2) is 78.8 Å². The van der Waals surface area contributed by atoms with Crippen molar-refractivity contribution >= 4 is 23.1 Å². The molecular weight excluding hydrogens is 390 g/mol. The number of carbonyl (C=O) groups is 2. The zero-order valence-electron chi connectivity index (χ0n) is 17.5. The van der Waals surface area contributed by atoms with E-state index in [2.05, 4.69) is 10.3 Å². The highest BCUT2D eigenvalue weighted by molar-refractivity contribution is 6.36. The molecule has 6 nitrogen and oxygen atoms in total. The third-order valence-electron chi connectivity index (χ3n) is 4.97. The van der Waals surface area contributed by atoms with Gasteiger partial charge in [0.05, 0.1) is 18.7 Å². The van der Waals surface area contributed by atoms with Gasteiger partial charge in [-0.05, 0) is 60.9 Å². The Balaban J connectivity index is 1.73. The molecule has 3 aromatic rings. The van der Waals surface area contributed by atoms with Crippen molar-refractivity contribution in [3.05, 3.63) is 95.4 Å². The van der Waals surface area contributed by atoms with Crippen molar-refractivity contribution in [2.45, 2.75) is 20.4 Å². The summed E-state index contributed by atoms with van der Waals surface area (Å²) in [6.45, 7) is 4.60. The van der Waals surface area contributed by atoms with Gasteiger partial charge in [0.25, 0.3) is 11.8 Å². The van der Waals surface area contributed by atoms with E-state index in [1.165, 1.54) is 4.90 Å². The Bertz CT molecular complexity index is 1140. The summed E-state index contributed by atoms with van der Waals surface area (Å²) in [6, 6.07) is 18.5. The van der Waals surface area contributed by atoms with Crippen molar-refractivity contribution < 1.29 is 14.3 Å². The molecule has 0 atom stereocenters. The van der Waals surface area contributed by atoms with Crippen molar-refractivity contribution in [1.29, 1.82) is 0 Å². The second-order valence-corrected chi connectivity index (χ2v) is 7.26. The molecule has 0 saturated heterocycles. The van der Waals surface area contributed by atoms with Crippen molar-refractivity contribution in [2.24, 2.45) is 0 Å². The topological polar surface area (TPSA) is 71.5 Å². The molecule has 1 N–H and O–H groups in total. The highest BCUT2D eigenvalue weighted by Gasteiger charge is 2.39. The summed E-state index contributed by atoms with van der Waals surface area (Å²) >= 11 is 0. The number of ether oxygens (including phenoxy) is 1. The molecule has 1 aliphatic heterocycles. The van der Waals surface area contributed by atoms with Crippen LogP contribution in [0, 0.1) is 6.92 Å². The van der Waals surface area contributed by atoms with E-state index in [0.717, 1.165) is 16.8 Å². The number of anilines is 1. The van der Waals surface area contributed by atoms with E-state index in [0.29, 0.717) is 23.5 Å². The number of pyridine rings is 1. The van der Waals surface area contributed by atoms with Gasteiger partial charge >= 0.3 is 0 Å². The molecule has 0 spiro atoms. The van der Waals surface area contributed by atoms with Gasteiger partial charge in [-0.15, -0.1) is 0 Å². The first kappa shape index (κ1) is 20.3. The molecule has 2 heterocycles. The number of amides is 2. The number of benzene rings is 2. The molecule has 2 aromatic carbocycles. The maximum absolute atomic E-state index is 13.4. The molecule has 4 rings (SSSR count). The Hall–Kier alpha value is -3.93. The number of rotatable bonds is 7. The molecule has 1 aliphatic rings. The van der Waals surface area contributed by atoms with Crippen LogP contribution in [0.2, 0.25) is 0 Å². The molecule has 0 fully saturated rings. The Morgan fingerprint density at radius 2 is 1.81 bits per heavy atom. The monoisotopic (exact) mass is 413 g/mol. The molecule has 0 aliphatic carbocycles. The lowest BCUT2D eigenvalue weighted by Crippen LogP contribution is -2.32. The van der Waals surface area contributed by atoms with Crippen LogP contribution in [-0.4, -0.2) is 28.3 Å². The van der Waals surface area contributed by atoms with E-state index in [4.69, 9.17) is 4.74 Å². The number of imide groups is 1. The summed E-state index contributed by atoms with van der Waals surface area (Å²) in [7, 11) is 0. The predicted octanol–water partition coefficient (Wildman–Crippen LogP) is 4.18. The number of hydrogen-bond donors (Lipinski definition) is 1. The molecule has 6 heteroatoms. The Labute approximate surface area is 181 Å². The summed E-state index contributed by atoms with van der Waals surface area (Å²) < 4.78 is 5.51. The fraction of sp³-hybridized carbons (Fsp3) is 0.160. The molecule has 1 aromatic heterocycles. The van der Waals surface area contributed by atoms with Gasteiger partial charge < -0.3 is 10.1 Å². The van der Waals surface area contributed by atoms with E-state index in [9.17, 15) is 9.59 Å². The minimum absolute atomic E-state index is 0.158. The number of nitrogens with zero attached hydrogens (tertiary/aromatic N) is 2. The van der Waals surface area contributed by atoms with Crippen LogP contribution >= 0.6 is 0 Å². The second-order valence-electron chi connectivity index (χ2n) is 7.26. The average molecular weight is 413 g/mol. The lowest BCUT2D eigenvalue weighted by molar-refractivity contribution is -0.137. The van der Waals surface area contributed by atoms with Crippen LogP contribution < -0.4 is 10.1 Å². The van der Waals surface area contributed by atoms with Crippen molar-refractivity contribution in [3.63, 3.8) is 0 Å². The van der Waals surface area contributed by atoms with Crippen molar-refractivity contribution in [2.75, 3.05) is 11.9 Å². The van der Waals surface area contributed by atoms with Crippen molar-refractivity contribution in [3.8, 4) is 5.75 Å². The number of nitrogens with one attached hydrogen (secondary N) is 1. The van der Waals surface area contributed by atoms with Gasteiger partial charge in [0.2, 0.25) is 0 Å². The molecule has 0 unspecified atom stereocenters. The van der Waals surface area contributed by atoms with Gasteiger partial charge in [-0.25, -0.2) is 0 Å². The molecule has 0 bridgehead atoms. The van der Waals surface area contributed by atoms with Gasteiger partial charge in [0.15, 0.2) is 0 Å². The number of hydrogen-bond acceptors (Lipinski definition) is 5. The molecule has 0 saturated carbocycles. The lowest BCUT2D eigenvalue weighted by atomic mass is 10.0. The second kappa shape index (κ2) is 8.83. The fourth-order valence-corrected chi connectivity index (χ4v) is 3.53. The van der Waals surface area contributed by atoms with E-state index < -0.39 is 0 Å². The van der Waals surface area contributed by atoms with Gasteiger partial charge in [-0.2, -0.15) is 0 Å². The first-order valence-electron chi connectivity index (χ1n) is 10.1. The smallest absolute Gasteiger partial charge is 0.278 e. The third-order valence-corrected chi connectivity index (χ3v) is 4.97. The maximum Gasteiger partial charge on any atom is 0.278 e. The lowest BCUT2D eigenvalue weighted by Gasteiger charge is -2.15. The van der Waals surface area contributed by atoms with Gasteiger partial charge in [-0.3, -0.25) is 19.5 Å². The molecule has 0 radical (unpaired) electrons. The van der Waals surface area contributed by atoms with E-state index in [-0.39, 0.29) is 24.1 Å². The zero-order chi connectivity index (χ0) is 21.8. The van der Waals surface area contributed by atoms with Crippen LogP contribution in [0.4, 0.5) is 5.69 Å². The Kier molecular flexibility index (Phi) is 5.80. The first-order chi connectivity index (χ1) is 15.1. The van der Waals surface area contributed by atoms with Gasteiger partial charge in [0.1, 0.15) is 11.4 Å². The standard InChI is InChI=1S/C25H23N3O3/c1-3-31-21-11-9-19(10-12-21)22-23(27-20-8-4-6-17(2)14-20)25(30)28(24(22)29)16-18-7-5-13-26-15-18/h4-15,27H,3,16H2,1-2H3. The molecule has 31 heavy (non-hydrogen) atoms. The number of aryl methyl sites for hydroxylation is 1. The third kappa shape index (κ3) is 4.33. The van der Waals surface area contributed by atoms with Crippen LogP contribution in [0.25, 0.3) is 5.57 Å². The average Bonchev–Trinajstić information content (AvgIpc) is 3.00. The maximum atomic E-state index is 13.4. The van der Waals surface area contributed by atoms with E-state index in [1.54, 1.807) is 42.7 Å². The minimum Gasteiger partial charge on any atom is -0.494 e. The normalized spacial score (nSPS) is 13.7. The summed E-state index contributed by atoms with van der Waals surface area (Å²) in [6.07, 6.45) is 3.31. The Morgan fingerprint density at radius 3 is 2.48 bits per heavy atom. The predicted molar refractivity (Wildman–Crippen MR) is 119 cm³/mol. The largest absolute Gasteiger partial charge is 0.494 e. The zero-order valence-corrected chi connectivity index (χ0v) is 17.5. The van der Waals surface area contributed by atoms with Crippen LogP contribution in [0.5, 0.6) is 5.75 Å². The van der Waals surface area contributed by atoms with Gasteiger partial charge in [-0.1, -0.05) is 30.3 Å². The highest BCUT2D eigenvalue weighted by atomic mass is 16.5. The van der Waals surface area contributed by atoms with Gasteiger partial charge in [0, 0.05) is 18.1 Å². The van der Waals surface area contributed by atoms with Crippen LogP contribution in [-0.2, 0) is 16.1 Å². The van der Waals surface area contributed by atoms with Crippen LogP contribution in [0.1, 0.15) is 23.6 Å². The quantitative estimate of drug-likeness (QED) is 0.589. The number of aromatic nitrogens is 1. The summed E-state index contributed by atoms with van der Waals surface area (Å²) in [5, 5.41) is 3.19. The SMILES string of the molecule is CCOc1ccc(C2=C(Nc3cccc(C)c3)C(=O)N(Cc3cccnc3)C2=O)cc1. The van der Waals surface area contributed by atoms with E-state index >= 15 is 0 Å². The summed E-state index contributed by atoms with van der Waals surface area (Å²) in [5.41, 5.74) is 3.86. The first-order valence-corrected chi connectivity index (χ1v) is 10.1. The van der Waals surface area contributed by atoms with E-state index in [1.807, 2.05) is 44.2 Å². The summed E-state index contributed by atoms with van der Waals surface area (Å²) in [4.78, 5) is 32.0. The molecule has 2 amide bonds. The van der Waals surface area contributed by atoms with Crippen LogP contribution in [0.3, 0.4) is 0 Å². The Morgan fingerprint density at radius 1 is 1.00 bits per heavy atom. The minimum atomic E-state index is -0.362. The molecular formula is C25H23N3O3. The number of carbonyl (C=O) groups excluding carboxylic acids is 2. The molecule has 156 valence electrons.